The summed E-state index contributed by atoms with van der Waals surface area (Å²) in [6, 6.07) is 7.20. The Balaban J connectivity index is 2.55. The quantitative estimate of drug-likeness (QED) is 0.560. The van der Waals surface area contributed by atoms with Crippen LogP contribution in [0.4, 0.5) is 0 Å². The van der Waals surface area contributed by atoms with E-state index < -0.39 is 11.5 Å². The Morgan fingerprint density at radius 2 is 1.44 bits per heavy atom. The van der Waals surface area contributed by atoms with Crippen molar-refractivity contribution in [2.75, 3.05) is 35.5 Å². The number of hydrogen-bond donors (Lipinski definition) is 1. The van der Waals surface area contributed by atoms with Crippen LogP contribution in [0.25, 0.3) is 6.08 Å². The second kappa shape index (κ2) is 8.84. The summed E-state index contributed by atoms with van der Waals surface area (Å²) < 4.78 is 26.2. The first-order chi connectivity index (χ1) is 13.0. The van der Waals surface area contributed by atoms with E-state index in [1.165, 1.54) is 34.5 Å². The van der Waals surface area contributed by atoms with Gasteiger partial charge in [-0.15, -0.1) is 0 Å². The third-order valence-electron chi connectivity index (χ3n) is 3.88. The predicted molar refractivity (Wildman–Crippen MR) is 101 cm³/mol. The van der Waals surface area contributed by atoms with Gasteiger partial charge in [0.05, 0.1) is 35.5 Å². The van der Waals surface area contributed by atoms with E-state index >= 15 is 0 Å². The highest BCUT2D eigenvalue weighted by Gasteiger charge is 2.30. The molecule has 0 atom stereocenters. The van der Waals surface area contributed by atoms with Crippen molar-refractivity contribution in [1.29, 1.82) is 0 Å². The van der Waals surface area contributed by atoms with Crippen LogP contribution in [0.3, 0.4) is 0 Å². The number of benzene rings is 2. The molecule has 27 heavy (non-hydrogen) atoms. The Labute approximate surface area is 157 Å². The number of carbonyl (C=O) groups excluding carboxylic acids is 1. The minimum atomic E-state index is -0.494. The van der Waals surface area contributed by atoms with E-state index in [9.17, 15) is 9.90 Å². The molecule has 1 N–H and O–H groups in total. The zero-order valence-electron chi connectivity index (χ0n) is 15.9. The van der Waals surface area contributed by atoms with Crippen molar-refractivity contribution in [3.63, 3.8) is 0 Å². The Kier molecular flexibility index (Phi) is 6.54. The summed E-state index contributed by atoms with van der Waals surface area (Å²) in [5.41, 5.74) is 0.666. The maximum atomic E-state index is 12.8. The summed E-state index contributed by atoms with van der Waals surface area (Å²) in [5, 5.41) is 10.6. The molecule has 0 aliphatic heterocycles. The van der Waals surface area contributed by atoms with Crippen molar-refractivity contribution in [2.45, 2.75) is 0 Å². The van der Waals surface area contributed by atoms with E-state index in [0.29, 0.717) is 5.75 Å². The number of hydrogen-bond acceptors (Lipinski definition) is 7. The van der Waals surface area contributed by atoms with Crippen LogP contribution in [0.1, 0.15) is 15.9 Å². The number of rotatable bonds is 8. The fraction of sp³-hybridized carbons (Fsp3) is 0.250. The van der Waals surface area contributed by atoms with Crippen LogP contribution < -0.4 is 23.7 Å². The highest BCUT2D eigenvalue weighted by molar-refractivity contribution is 6.12. The van der Waals surface area contributed by atoms with Gasteiger partial charge >= 0.3 is 0 Å². The van der Waals surface area contributed by atoms with Crippen molar-refractivity contribution in [2.24, 2.45) is 0 Å². The van der Waals surface area contributed by atoms with Crippen LogP contribution in [0.15, 0.2) is 30.3 Å². The second-order valence-electron chi connectivity index (χ2n) is 5.33. The monoisotopic (exact) mass is 374 g/mol. The van der Waals surface area contributed by atoms with Crippen molar-refractivity contribution in [3.8, 4) is 34.5 Å². The van der Waals surface area contributed by atoms with Gasteiger partial charge in [0.25, 0.3) is 0 Å². The molecule has 0 heterocycles. The molecule has 0 aliphatic carbocycles. The molecular weight excluding hydrogens is 352 g/mol. The van der Waals surface area contributed by atoms with E-state index in [2.05, 4.69) is 0 Å². The van der Waals surface area contributed by atoms with E-state index in [4.69, 9.17) is 23.7 Å². The molecule has 0 amide bonds. The van der Waals surface area contributed by atoms with Crippen molar-refractivity contribution in [3.05, 3.63) is 41.5 Å². The van der Waals surface area contributed by atoms with Crippen LogP contribution in [-0.4, -0.2) is 46.4 Å². The lowest BCUT2D eigenvalue weighted by Gasteiger charge is -2.19. The van der Waals surface area contributed by atoms with E-state index in [1.807, 2.05) is 6.07 Å². The standard InChI is InChI=1S/C20H22O7/c1-23-13-8-6-7-12(11-13)9-10-14(21)15-16(22)18(25-3)20(27-5)19(26-4)17(15)24-2/h6-11,22H,1-5H3. The summed E-state index contributed by atoms with van der Waals surface area (Å²) in [7, 11) is 7.07. The molecule has 144 valence electrons. The van der Waals surface area contributed by atoms with Crippen LogP contribution in [0, 0.1) is 0 Å². The maximum absolute atomic E-state index is 12.8. The third kappa shape index (κ3) is 3.92. The summed E-state index contributed by atoms with van der Waals surface area (Å²) in [6.07, 6.45) is 2.92. The molecule has 0 aliphatic rings. The predicted octanol–water partition coefficient (Wildman–Crippen LogP) is 3.33. The maximum Gasteiger partial charge on any atom is 0.211 e. The van der Waals surface area contributed by atoms with Crippen LogP contribution in [0.2, 0.25) is 0 Å². The molecule has 0 radical (unpaired) electrons. The average Bonchev–Trinajstić information content (AvgIpc) is 2.70. The molecule has 2 aromatic rings. The lowest BCUT2D eigenvalue weighted by Crippen LogP contribution is -2.05. The topological polar surface area (TPSA) is 83.5 Å². The van der Waals surface area contributed by atoms with E-state index in [0.717, 1.165) is 5.56 Å². The Morgan fingerprint density at radius 3 is 2.00 bits per heavy atom. The molecule has 2 aromatic carbocycles. The number of phenolic OH excluding ortho intramolecular Hbond substituents is 1. The van der Waals surface area contributed by atoms with Gasteiger partial charge in [-0.05, 0) is 23.8 Å². The molecule has 0 fully saturated rings. The van der Waals surface area contributed by atoms with Gasteiger partial charge in [-0.25, -0.2) is 0 Å². The molecule has 0 aromatic heterocycles. The van der Waals surface area contributed by atoms with Crippen molar-refractivity contribution in [1.82, 2.24) is 0 Å². The number of allylic oxidation sites excluding steroid dienone is 1. The zero-order valence-corrected chi connectivity index (χ0v) is 15.9. The number of ketones is 1. The Morgan fingerprint density at radius 1 is 0.852 bits per heavy atom. The largest absolute Gasteiger partial charge is 0.504 e. The van der Waals surface area contributed by atoms with Gasteiger partial charge in [0, 0.05) is 0 Å². The van der Waals surface area contributed by atoms with Gasteiger partial charge in [0.1, 0.15) is 11.3 Å². The molecule has 0 spiro atoms. The van der Waals surface area contributed by atoms with Crippen LogP contribution in [0.5, 0.6) is 34.5 Å². The smallest absolute Gasteiger partial charge is 0.211 e. The molecule has 0 bridgehead atoms. The van der Waals surface area contributed by atoms with Gasteiger partial charge in [-0.2, -0.15) is 0 Å². The Hall–Kier alpha value is -3.35. The summed E-state index contributed by atoms with van der Waals surface area (Å²) in [5.74, 6) is 0.0770. The summed E-state index contributed by atoms with van der Waals surface area (Å²) >= 11 is 0. The molecule has 0 saturated carbocycles. The molecule has 0 saturated heterocycles. The molecule has 2 rings (SSSR count). The zero-order chi connectivity index (χ0) is 20.0. The molecule has 7 heteroatoms. The number of carbonyl (C=O) groups is 1. The SMILES string of the molecule is COc1cccc(C=CC(=O)c2c(O)c(OC)c(OC)c(OC)c2OC)c1. The number of phenols is 1. The highest BCUT2D eigenvalue weighted by Crippen LogP contribution is 2.53. The molecular formula is C20H22O7. The van der Waals surface area contributed by atoms with Gasteiger partial charge in [0.15, 0.2) is 17.3 Å². The van der Waals surface area contributed by atoms with Crippen molar-refractivity contribution < 1.29 is 33.6 Å². The third-order valence-corrected chi connectivity index (χ3v) is 3.88. The lowest BCUT2D eigenvalue weighted by atomic mass is 10.0. The normalized spacial score (nSPS) is 10.6. The number of methoxy groups -OCH3 is 5. The summed E-state index contributed by atoms with van der Waals surface area (Å²) in [6.45, 7) is 0. The first-order valence-corrected chi connectivity index (χ1v) is 7.97. The molecule has 7 nitrogen and oxygen atoms in total. The van der Waals surface area contributed by atoms with Crippen LogP contribution >= 0.6 is 0 Å². The van der Waals surface area contributed by atoms with Crippen molar-refractivity contribution >= 4 is 11.9 Å². The number of ether oxygens (including phenoxy) is 5. The van der Waals surface area contributed by atoms with Gasteiger partial charge in [-0.1, -0.05) is 18.2 Å². The van der Waals surface area contributed by atoms with Gasteiger partial charge in [0.2, 0.25) is 17.2 Å². The van der Waals surface area contributed by atoms with E-state index in [-0.39, 0.29) is 28.6 Å². The second-order valence-corrected chi connectivity index (χ2v) is 5.33. The summed E-state index contributed by atoms with van der Waals surface area (Å²) in [4.78, 5) is 12.8. The lowest BCUT2D eigenvalue weighted by molar-refractivity contribution is 0.104. The van der Waals surface area contributed by atoms with Crippen LogP contribution in [-0.2, 0) is 0 Å². The van der Waals surface area contributed by atoms with Gasteiger partial charge < -0.3 is 28.8 Å². The first kappa shape index (κ1) is 20.0. The minimum absolute atomic E-state index is 0.0201. The number of aromatic hydroxyl groups is 1. The average molecular weight is 374 g/mol. The molecule has 0 unspecified atom stereocenters. The van der Waals surface area contributed by atoms with Gasteiger partial charge in [-0.3, -0.25) is 4.79 Å². The van der Waals surface area contributed by atoms with E-state index in [1.54, 1.807) is 31.4 Å². The minimum Gasteiger partial charge on any atom is -0.504 e. The fourth-order valence-electron chi connectivity index (χ4n) is 2.63. The Bertz CT molecular complexity index is 856. The fourth-order valence-corrected chi connectivity index (χ4v) is 2.63. The highest BCUT2D eigenvalue weighted by atomic mass is 16.5. The first-order valence-electron chi connectivity index (χ1n) is 7.97.